The zero-order valence-electron chi connectivity index (χ0n) is 37.8. The summed E-state index contributed by atoms with van der Waals surface area (Å²) < 4.78 is 69.5. The molecule has 9 rings (SSSR count). The minimum atomic E-state index is -1.01. The maximum absolute atomic E-state index is 7.52. The van der Waals surface area contributed by atoms with Crippen LogP contribution in [0.15, 0.2) is 182 Å². The lowest BCUT2D eigenvalue weighted by Crippen LogP contribution is -2.67. The molecule has 0 aliphatic carbocycles. The van der Waals surface area contributed by atoms with E-state index in [0.717, 1.165) is 39.1 Å². The molecule has 6 aromatic carbocycles. The van der Waals surface area contributed by atoms with Crippen molar-refractivity contribution in [3.05, 3.63) is 215 Å². The molecule has 0 radical (unpaired) electrons. The van der Waals surface area contributed by atoms with Crippen molar-refractivity contribution in [2.75, 3.05) is 19.0 Å². The number of ether oxygens (including phenoxy) is 10. The smallest absolute Gasteiger partial charge is 0.187 e. The maximum atomic E-state index is 7.52. The Hall–Kier alpha value is -4.73. The molecular weight excluding hydrogens is 865 g/mol. The van der Waals surface area contributed by atoms with Crippen LogP contribution in [0.5, 0.6) is 0 Å². The molecule has 0 N–H and O–H groups in total. The van der Waals surface area contributed by atoms with Crippen molar-refractivity contribution in [2.24, 2.45) is 0 Å². The highest BCUT2D eigenvalue weighted by atomic mass is 32.2. The van der Waals surface area contributed by atoms with E-state index in [1.807, 2.05) is 133 Å². The minimum absolute atomic E-state index is 0.188. The number of hydrogen-bond acceptors (Lipinski definition) is 11. The van der Waals surface area contributed by atoms with Gasteiger partial charge in [-0.05, 0) is 33.6 Å². The van der Waals surface area contributed by atoms with Crippen LogP contribution in [0.3, 0.4) is 0 Å². The Morgan fingerprint density at radius 1 is 0.463 bits per heavy atom. The van der Waals surface area contributed by atoms with Crippen molar-refractivity contribution in [2.45, 2.75) is 107 Å². The Bertz CT molecular complexity index is 2300. The van der Waals surface area contributed by atoms with Gasteiger partial charge in [-0.1, -0.05) is 189 Å². The molecule has 350 valence electrons. The molecule has 0 aromatic heterocycles. The average molecular weight is 925 g/mol. The molecule has 3 heterocycles. The fraction of sp³-hybridized carbons (Fsp3) is 0.357. The Morgan fingerprint density at radius 2 is 0.910 bits per heavy atom. The van der Waals surface area contributed by atoms with Gasteiger partial charge in [-0.25, -0.2) is 0 Å². The summed E-state index contributed by atoms with van der Waals surface area (Å²) in [6.07, 6.45) is -6.83. The third kappa shape index (κ3) is 12.9. The van der Waals surface area contributed by atoms with E-state index in [1.54, 1.807) is 11.8 Å². The van der Waals surface area contributed by atoms with Gasteiger partial charge < -0.3 is 47.4 Å². The van der Waals surface area contributed by atoms with Crippen LogP contribution in [0.1, 0.15) is 46.6 Å². The number of thioether (sulfide) groups is 1. The van der Waals surface area contributed by atoms with Gasteiger partial charge in [0.25, 0.3) is 0 Å². The molecule has 11 unspecified atom stereocenters. The minimum Gasteiger partial charge on any atom is -0.374 e. The van der Waals surface area contributed by atoms with Gasteiger partial charge in [0.2, 0.25) is 0 Å². The van der Waals surface area contributed by atoms with E-state index < -0.39 is 66.8 Å². The zero-order chi connectivity index (χ0) is 45.5. The van der Waals surface area contributed by atoms with Gasteiger partial charge in [0.1, 0.15) is 54.3 Å². The normalized spacial score (nSPS) is 27.3. The maximum Gasteiger partial charge on any atom is 0.187 e. The zero-order valence-corrected chi connectivity index (χ0v) is 38.6. The van der Waals surface area contributed by atoms with Gasteiger partial charge in [-0.3, -0.25) is 0 Å². The van der Waals surface area contributed by atoms with Crippen LogP contribution in [0.4, 0.5) is 0 Å². The van der Waals surface area contributed by atoms with Crippen LogP contribution in [0, 0.1) is 0 Å². The van der Waals surface area contributed by atoms with E-state index in [0.29, 0.717) is 33.0 Å². The predicted molar refractivity (Wildman–Crippen MR) is 257 cm³/mol. The molecule has 3 fully saturated rings. The number of benzene rings is 6. The van der Waals surface area contributed by atoms with Crippen molar-refractivity contribution >= 4 is 11.8 Å². The first-order chi connectivity index (χ1) is 33.2. The van der Waals surface area contributed by atoms with Crippen LogP contribution in [0.2, 0.25) is 0 Å². The summed E-state index contributed by atoms with van der Waals surface area (Å²) in [7, 11) is 0. The molecular formula is C56H60O10S. The van der Waals surface area contributed by atoms with Gasteiger partial charge in [-0.2, -0.15) is 0 Å². The Labute approximate surface area is 398 Å². The van der Waals surface area contributed by atoms with Crippen molar-refractivity contribution in [1.82, 2.24) is 0 Å². The van der Waals surface area contributed by atoms with E-state index in [-0.39, 0.29) is 13.2 Å². The first-order valence-electron chi connectivity index (χ1n) is 23.3. The van der Waals surface area contributed by atoms with Crippen LogP contribution >= 0.6 is 11.8 Å². The second kappa shape index (κ2) is 24.5. The van der Waals surface area contributed by atoms with Crippen LogP contribution in [-0.4, -0.2) is 79.5 Å². The van der Waals surface area contributed by atoms with Crippen molar-refractivity contribution in [3.8, 4) is 0 Å². The highest BCUT2D eigenvalue weighted by molar-refractivity contribution is 7.99. The van der Waals surface area contributed by atoms with Gasteiger partial charge in [0.05, 0.1) is 46.2 Å². The lowest BCUT2D eigenvalue weighted by atomic mass is 9.95. The fourth-order valence-corrected chi connectivity index (χ4v) is 9.71. The van der Waals surface area contributed by atoms with E-state index >= 15 is 0 Å². The summed E-state index contributed by atoms with van der Waals surface area (Å²) >= 11 is 1.67. The lowest BCUT2D eigenvalue weighted by Gasteiger charge is -2.52. The van der Waals surface area contributed by atoms with E-state index in [2.05, 4.69) is 55.5 Å². The van der Waals surface area contributed by atoms with E-state index in [9.17, 15) is 0 Å². The van der Waals surface area contributed by atoms with E-state index in [1.165, 1.54) is 0 Å². The molecule has 6 aromatic rings. The Kier molecular flexibility index (Phi) is 17.3. The van der Waals surface area contributed by atoms with Crippen molar-refractivity contribution in [1.29, 1.82) is 0 Å². The SMILES string of the molecule is CCSC1OC2COC(c3ccccc3)OC2C(OC2OC(COCc3ccccc3)C(OCc3ccccc3)C(OCc3ccccc3)C2OCc2ccccc2)C1OCc1ccccc1. The quantitative estimate of drug-likeness (QED) is 0.0691. The summed E-state index contributed by atoms with van der Waals surface area (Å²) in [4.78, 5) is 0. The largest absolute Gasteiger partial charge is 0.374 e. The average Bonchev–Trinajstić information content (AvgIpc) is 3.39. The third-order valence-electron chi connectivity index (χ3n) is 12.1. The van der Waals surface area contributed by atoms with Gasteiger partial charge >= 0.3 is 0 Å². The van der Waals surface area contributed by atoms with Gasteiger partial charge in [0.15, 0.2) is 12.6 Å². The summed E-state index contributed by atoms with van der Waals surface area (Å²) in [5.74, 6) is 0.785. The molecule has 3 aliphatic heterocycles. The monoisotopic (exact) mass is 924 g/mol. The van der Waals surface area contributed by atoms with Crippen molar-refractivity contribution in [3.63, 3.8) is 0 Å². The predicted octanol–water partition coefficient (Wildman–Crippen LogP) is 10.2. The number of hydrogen-bond donors (Lipinski definition) is 0. The molecule has 0 saturated carbocycles. The summed E-state index contributed by atoms with van der Waals surface area (Å²) in [6.45, 7) is 4.19. The Balaban J connectivity index is 1.10. The fourth-order valence-electron chi connectivity index (χ4n) is 8.73. The molecule has 11 heteroatoms. The standard InChI is InChI=1S/C56H60O10S/c1-2-67-56-53(61-37-44-29-17-7-18-30-44)51(49-47(64-56)39-62-54(65-49)45-31-19-8-20-32-45)66-55-52(60-36-43-27-15-6-16-28-43)50(59-35-42-25-13-5-14-26-42)48(58-34-41-23-11-4-12-24-41)46(63-55)38-57-33-40-21-9-3-10-22-40/h3-32,46-56H,2,33-39H2,1H3. The highest BCUT2D eigenvalue weighted by Crippen LogP contribution is 2.42. The molecule has 0 spiro atoms. The molecule has 11 atom stereocenters. The van der Waals surface area contributed by atoms with Crippen molar-refractivity contribution < 1.29 is 47.4 Å². The first-order valence-corrected chi connectivity index (χ1v) is 24.4. The molecule has 10 nitrogen and oxygen atoms in total. The Morgan fingerprint density at radius 3 is 1.42 bits per heavy atom. The molecule has 0 bridgehead atoms. The second-order valence-electron chi connectivity index (χ2n) is 16.9. The topological polar surface area (TPSA) is 92.3 Å². The highest BCUT2D eigenvalue weighted by Gasteiger charge is 2.56. The molecule has 0 amide bonds. The summed E-state index contributed by atoms with van der Waals surface area (Å²) in [5, 5.41) is 0. The van der Waals surface area contributed by atoms with E-state index in [4.69, 9.17) is 47.4 Å². The second-order valence-corrected chi connectivity index (χ2v) is 18.2. The van der Waals surface area contributed by atoms with Crippen LogP contribution < -0.4 is 0 Å². The third-order valence-corrected chi connectivity index (χ3v) is 13.1. The molecule has 67 heavy (non-hydrogen) atoms. The summed E-state index contributed by atoms with van der Waals surface area (Å²) in [5.41, 5.74) is 5.58. The lowest BCUT2D eigenvalue weighted by molar-refractivity contribution is -0.378. The van der Waals surface area contributed by atoms with Gasteiger partial charge in [-0.15, -0.1) is 11.8 Å². The van der Waals surface area contributed by atoms with Crippen LogP contribution in [-0.2, 0) is 80.4 Å². The number of rotatable bonds is 21. The van der Waals surface area contributed by atoms with Crippen LogP contribution in [0.25, 0.3) is 0 Å². The number of fused-ring (bicyclic) bond motifs is 1. The summed E-state index contributed by atoms with van der Waals surface area (Å²) in [6, 6.07) is 60.6. The molecule has 3 saturated heterocycles. The molecule has 3 aliphatic rings. The van der Waals surface area contributed by atoms with Gasteiger partial charge in [0, 0.05) is 5.56 Å². The first kappa shape index (κ1) is 47.3.